The molecule has 0 spiro atoms. The van der Waals surface area contributed by atoms with Crippen LogP contribution in [-0.4, -0.2) is 32.7 Å². The number of fused-ring (bicyclic) bond motifs is 1. The van der Waals surface area contributed by atoms with Gasteiger partial charge >= 0.3 is 0 Å². The number of ether oxygens (including phenoxy) is 1. The maximum absolute atomic E-state index is 13.0. The predicted molar refractivity (Wildman–Crippen MR) is 123 cm³/mol. The van der Waals surface area contributed by atoms with Crippen LogP contribution in [0.5, 0.6) is 0 Å². The number of benzene rings is 2. The molecule has 170 valence electrons. The molecule has 0 aliphatic heterocycles. The molecule has 4 rings (SSSR count). The van der Waals surface area contributed by atoms with Crippen LogP contribution >= 0.6 is 0 Å². The van der Waals surface area contributed by atoms with Gasteiger partial charge in [-0.25, -0.2) is 4.39 Å². The third-order valence-electron chi connectivity index (χ3n) is 6.14. The van der Waals surface area contributed by atoms with E-state index in [1.54, 1.807) is 0 Å². The first-order valence-electron chi connectivity index (χ1n) is 11.4. The molecule has 3 aromatic rings. The molecule has 0 saturated heterocycles. The topological polar surface area (TPSA) is 63.5 Å². The summed E-state index contributed by atoms with van der Waals surface area (Å²) >= 11 is 0. The van der Waals surface area contributed by atoms with Crippen molar-refractivity contribution in [1.82, 2.24) is 10.6 Å². The average Bonchev–Trinajstić information content (AvgIpc) is 3.18. The Kier molecular flexibility index (Phi) is 7.91. The summed E-state index contributed by atoms with van der Waals surface area (Å²) in [6.45, 7) is 3.87. The largest absolute Gasteiger partial charge is 0.461 e. The molecule has 1 fully saturated rings. The van der Waals surface area contributed by atoms with E-state index in [2.05, 4.69) is 34.9 Å². The van der Waals surface area contributed by atoms with E-state index in [-0.39, 0.29) is 5.82 Å². The molecule has 0 unspecified atom stereocenters. The van der Waals surface area contributed by atoms with Gasteiger partial charge in [0.1, 0.15) is 17.2 Å². The number of amides is 1. The number of hydrogen-bond acceptors (Lipinski definition) is 4. The van der Waals surface area contributed by atoms with Crippen LogP contribution < -0.4 is 10.6 Å². The zero-order valence-electron chi connectivity index (χ0n) is 18.3. The molecule has 1 saturated carbocycles. The minimum atomic E-state index is -0.207. The van der Waals surface area contributed by atoms with Crippen molar-refractivity contribution >= 4 is 17.4 Å². The van der Waals surface area contributed by atoms with E-state index in [1.165, 1.54) is 17.7 Å². The van der Waals surface area contributed by atoms with Gasteiger partial charge in [0, 0.05) is 38.0 Å². The Morgan fingerprint density at radius 1 is 1.03 bits per heavy atom. The SMILES string of the molecule is O=CNCC1CC(COCCNCc2ccc3cc(CCc4ccc(F)cc4)oc3c2)C1. The molecule has 1 heterocycles. The molecule has 0 bridgehead atoms. The smallest absolute Gasteiger partial charge is 0.207 e. The second-order valence-corrected chi connectivity index (χ2v) is 8.69. The number of rotatable bonds is 13. The quantitative estimate of drug-likeness (QED) is 0.310. The highest BCUT2D eigenvalue weighted by Crippen LogP contribution is 2.33. The maximum atomic E-state index is 13.0. The molecule has 32 heavy (non-hydrogen) atoms. The molecule has 6 heteroatoms. The lowest BCUT2D eigenvalue weighted by atomic mass is 9.75. The molecule has 0 atom stereocenters. The van der Waals surface area contributed by atoms with Gasteiger partial charge < -0.3 is 19.8 Å². The molecular weight excluding hydrogens is 407 g/mol. The third-order valence-corrected chi connectivity index (χ3v) is 6.14. The van der Waals surface area contributed by atoms with Crippen LogP contribution in [0.2, 0.25) is 0 Å². The molecule has 1 aromatic heterocycles. The predicted octanol–water partition coefficient (Wildman–Crippen LogP) is 4.24. The van der Waals surface area contributed by atoms with Crippen molar-refractivity contribution in [2.24, 2.45) is 11.8 Å². The third kappa shape index (κ3) is 6.40. The lowest BCUT2D eigenvalue weighted by molar-refractivity contribution is -0.110. The summed E-state index contributed by atoms with van der Waals surface area (Å²) in [4.78, 5) is 10.3. The average molecular weight is 439 g/mol. The minimum Gasteiger partial charge on any atom is -0.461 e. The molecule has 2 aromatic carbocycles. The summed E-state index contributed by atoms with van der Waals surface area (Å²) in [5, 5.41) is 7.28. The Bertz CT molecular complexity index is 996. The van der Waals surface area contributed by atoms with E-state index >= 15 is 0 Å². The first kappa shape index (κ1) is 22.5. The van der Waals surface area contributed by atoms with E-state index in [9.17, 15) is 9.18 Å². The fraction of sp³-hybridized carbons (Fsp3) is 0.423. The summed E-state index contributed by atoms with van der Waals surface area (Å²) in [6, 6.07) is 15.0. The molecule has 1 aliphatic rings. The van der Waals surface area contributed by atoms with Crippen LogP contribution in [0.4, 0.5) is 4.39 Å². The number of aryl methyl sites for hydroxylation is 2. The lowest BCUT2D eigenvalue weighted by Gasteiger charge is -2.34. The molecule has 1 aliphatic carbocycles. The Balaban J connectivity index is 1.14. The van der Waals surface area contributed by atoms with Gasteiger partial charge in [-0.05, 0) is 66.5 Å². The molecular formula is C26H31FN2O3. The van der Waals surface area contributed by atoms with Gasteiger partial charge in [-0.3, -0.25) is 4.79 Å². The fourth-order valence-electron chi connectivity index (χ4n) is 4.30. The fourth-order valence-corrected chi connectivity index (χ4v) is 4.30. The number of carbonyl (C=O) groups excluding carboxylic acids is 1. The van der Waals surface area contributed by atoms with Crippen molar-refractivity contribution < 1.29 is 18.3 Å². The molecule has 1 amide bonds. The van der Waals surface area contributed by atoms with Crippen LogP contribution in [0, 0.1) is 17.7 Å². The van der Waals surface area contributed by atoms with Crippen LogP contribution in [0.1, 0.15) is 29.7 Å². The summed E-state index contributed by atoms with van der Waals surface area (Å²) in [6.07, 6.45) is 4.67. The highest BCUT2D eigenvalue weighted by atomic mass is 19.1. The van der Waals surface area contributed by atoms with E-state index in [4.69, 9.17) is 9.15 Å². The van der Waals surface area contributed by atoms with E-state index in [1.807, 2.05) is 12.1 Å². The van der Waals surface area contributed by atoms with Crippen molar-refractivity contribution in [1.29, 1.82) is 0 Å². The van der Waals surface area contributed by atoms with Gasteiger partial charge in [-0.1, -0.05) is 24.3 Å². The highest BCUT2D eigenvalue weighted by Gasteiger charge is 2.28. The summed E-state index contributed by atoms with van der Waals surface area (Å²) in [7, 11) is 0. The zero-order chi connectivity index (χ0) is 22.2. The molecule has 5 nitrogen and oxygen atoms in total. The van der Waals surface area contributed by atoms with Crippen molar-refractivity contribution in [3.63, 3.8) is 0 Å². The maximum Gasteiger partial charge on any atom is 0.207 e. The first-order valence-corrected chi connectivity index (χ1v) is 11.4. The van der Waals surface area contributed by atoms with Crippen LogP contribution in [-0.2, 0) is 28.9 Å². The Morgan fingerprint density at radius 2 is 1.84 bits per heavy atom. The lowest BCUT2D eigenvalue weighted by Crippen LogP contribution is -2.35. The summed E-state index contributed by atoms with van der Waals surface area (Å²) in [5.41, 5.74) is 3.19. The van der Waals surface area contributed by atoms with Gasteiger partial charge in [0.2, 0.25) is 6.41 Å². The van der Waals surface area contributed by atoms with Gasteiger partial charge in [-0.15, -0.1) is 0 Å². The molecule has 2 N–H and O–H groups in total. The minimum absolute atomic E-state index is 0.207. The number of nitrogens with one attached hydrogen (secondary N) is 2. The Labute approximate surface area is 188 Å². The van der Waals surface area contributed by atoms with Gasteiger partial charge in [0.15, 0.2) is 0 Å². The van der Waals surface area contributed by atoms with Crippen molar-refractivity contribution in [3.8, 4) is 0 Å². The molecule has 0 radical (unpaired) electrons. The Morgan fingerprint density at radius 3 is 2.66 bits per heavy atom. The highest BCUT2D eigenvalue weighted by molar-refractivity contribution is 5.78. The number of halogens is 1. The zero-order valence-corrected chi connectivity index (χ0v) is 18.3. The van der Waals surface area contributed by atoms with Crippen molar-refractivity contribution in [3.05, 3.63) is 71.2 Å². The summed E-state index contributed by atoms with van der Waals surface area (Å²) < 4.78 is 24.8. The van der Waals surface area contributed by atoms with E-state index < -0.39 is 0 Å². The summed E-state index contributed by atoms with van der Waals surface area (Å²) in [5.74, 6) is 1.99. The standard InChI is InChI=1S/C26H31FN2O3/c27-24-6-2-19(3-7-24)4-8-25-14-23-5-1-20(13-26(23)32-25)15-28-9-10-31-17-22-11-21(12-22)16-29-18-30/h1-3,5-7,13-14,18,21-22,28H,4,8-12,15-17H2,(H,29,30). The second-order valence-electron chi connectivity index (χ2n) is 8.69. The van der Waals surface area contributed by atoms with E-state index in [0.29, 0.717) is 18.4 Å². The number of furan rings is 1. The van der Waals surface area contributed by atoms with Crippen LogP contribution in [0.25, 0.3) is 11.0 Å². The van der Waals surface area contributed by atoms with Crippen LogP contribution in [0.3, 0.4) is 0 Å². The van der Waals surface area contributed by atoms with Crippen LogP contribution in [0.15, 0.2) is 52.9 Å². The van der Waals surface area contributed by atoms with Gasteiger partial charge in [0.05, 0.1) is 6.61 Å². The monoisotopic (exact) mass is 438 g/mol. The number of carbonyl (C=O) groups is 1. The first-order chi connectivity index (χ1) is 15.7. The number of hydrogen-bond donors (Lipinski definition) is 2. The van der Waals surface area contributed by atoms with Crippen molar-refractivity contribution in [2.75, 3.05) is 26.3 Å². The van der Waals surface area contributed by atoms with Gasteiger partial charge in [-0.2, -0.15) is 0 Å². The van der Waals surface area contributed by atoms with E-state index in [0.717, 1.165) is 80.6 Å². The second kappa shape index (κ2) is 11.2. The van der Waals surface area contributed by atoms with Crippen molar-refractivity contribution in [2.45, 2.75) is 32.2 Å². The Hall–Kier alpha value is -2.70. The van der Waals surface area contributed by atoms with Gasteiger partial charge in [0.25, 0.3) is 0 Å². The normalized spacial score (nSPS) is 17.9.